The van der Waals surface area contributed by atoms with Crippen molar-refractivity contribution < 1.29 is 31.5 Å². The van der Waals surface area contributed by atoms with Crippen molar-refractivity contribution in [2.24, 2.45) is 0 Å². The normalized spacial score (nSPS) is 19.3. The van der Waals surface area contributed by atoms with Gasteiger partial charge in [0.05, 0.1) is 16.8 Å². The van der Waals surface area contributed by atoms with Crippen LogP contribution < -0.4 is 10.6 Å². The molecule has 1 aliphatic rings. The molecule has 10 heteroatoms. The quantitative estimate of drug-likeness (QED) is 0.452. The van der Waals surface area contributed by atoms with E-state index in [1.165, 1.54) is 18.3 Å². The zero-order valence-electron chi connectivity index (χ0n) is 14.4. The highest BCUT2D eigenvalue weighted by Gasteiger charge is 2.49. The van der Waals surface area contributed by atoms with Crippen LogP contribution in [0.3, 0.4) is 0 Å². The largest absolute Gasteiger partial charge is 0.416 e. The molecule has 1 aromatic heterocycles. The Labute approximate surface area is 159 Å². The predicted molar refractivity (Wildman–Crippen MR) is 94.5 cm³/mol. The molecule has 3 N–H and O–H groups in total. The summed E-state index contributed by atoms with van der Waals surface area (Å²) >= 11 is 0. The van der Waals surface area contributed by atoms with Gasteiger partial charge in [0.15, 0.2) is 11.6 Å². The van der Waals surface area contributed by atoms with Crippen LogP contribution in [0.4, 0.5) is 33.3 Å². The van der Waals surface area contributed by atoms with E-state index >= 15 is 0 Å². The first-order valence-electron chi connectivity index (χ1n) is 8.39. The standard InChI is InChI=1S/C19H12F5N3O2/c20-11-5-10-13(6-12(11)21)25-7-14(10)27-16-15(17(28)18(16)29)26-9-3-1-2-8(4-9)19(22,23)24/h1-7,15-16,25-27H. The Bertz CT molecular complexity index is 1140. The molecule has 2 unspecified atom stereocenters. The van der Waals surface area contributed by atoms with E-state index in [2.05, 4.69) is 15.6 Å². The average molecular weight is 409 g/mol. The number of nitrogens with one attached hydrogen (secondary N) is 3. The first-order chi connectivity index (χ1) is 13.6. The maximum Gasteiger partial charge on any atom is 0.416 e. The van der Waals surface area contributed by atoms with Crippen LogP contribution in [0.2, 0.25) is 0 Å². The molecule has 29 heavy (non-hydrogen) atoms. The number of alkyl halides is 3. The number of ketones is 2. The molecule has 2 atom stereocenters. The molecular formula is C19H12F5N3O2. The van der Waals surface area contributed by atoms with E-state index in [-0.39, 0.29) is 22.3 Å². The number of carbonyl (C=O) groups excluding carboxylic acids is 2. The highest BCUT2D eigenvalue weighted by Crippen LogP contribution is 2.32. The molecule has 0 amide bonds. The Morgan fingerprint density at radius 2 is 1.55 bits per heavy atom. The number of halogens is 5. The average Bonchev–Trinajstić information content (AvgIpc) is 3.05. The van der Waals surface area contributed by atoms with Crippen molar-refractivity contribution in [2.45, 2.75) is 18.3 Å². The number of aromatic amines is 1. The predicted octanol–water partition coefficient (Wildman–Crippen LogP) is 3.88. The van der Waals surface area contributed by atoms with Crippen molar-refractivity contribution in [1.82, 2.24) is 4.98 Å². The van der Waals surface area contributed by atoms with Gasteiger partial charge in [0, 0.05) is 23.3 Å². The second-order valence-electron chi connectivity index (χ2n) is 6.57. The van der Waals surface area contributed by atoms with Gasteiger partial charge >= 0.3 is 6.18 Å². The number of carbonyl (C=O) groups is 2. The summed E-state index contributed by atoms with van der Waals surface area (Å²) in [5.74, 6) is -3.71. The molecule has 0 aliphatic heterocycles. The number of hydrogen-bond donors (Lipinski definition) is 3. The van der Waals surface area contributed by atoms with Gasteiger partial charge in [0.1, 0.15) is 12.1 Å². The molecule has 5 nitrogen and oxygen atoms in total. The fourth-order valence-electron chi connectivity index (χ4n) is 3.18. The lowest BCUT2D eigenvalue weighted by Gasteiger charge is -2.35. The SMILES string of the molecule is O=C1C(=O)C(Nc2c[nH]c3cc(F)c(F)cc23)C1Nc1cccc(C(F)(F)F)c1. The molecule has 3 aromatic rings. The molecule has 0 saturated heterocycles. The second-order valence-corrected chi connectivity index (χ2v) is 6.57. The minimum absolute atomic E-state index is 0.0181. The van der Waals surface area contributed by atoms with Crippen molar-refractivity contribution in [3.05, 3.63) is 59.8 Å². The van der Waals surface area contributed by atoms with Gasteiger partial charge in [-0.15, -0.1) is 0 Å². The summed E-state index contributed by atoms with van der Waals surface area (Å²) in [4.78, 5) is 26.7. The van der Waals surface area contributed by atoms with E-state index in [4.69, 9.17) is 0 Å². The molecule has 4 rings (SSSR count). The van der Waals surface area contributed by atoms with Gasteiger partial charge in [0.2, 0.25) is 11.6 Å². The number of rotatable bonds is 4. The van der Waals surface area contributed by atoms with Gasteiger partial charge in [-0.25, -0.2) is 8.78 Å². The van der Waals surface area contributed by atoms with E-state index in [0.29, 0.717) is 0 Å². The number of anilines is 2. The van der Waals surface area contributed by atoms with Crippen molar-refractivity contribution in [1.29, 1.82) is 0 Å². The minimum Gasteiger partial charge on any atom is -0.373 e. The fraction of sp³-hybridized carbons (Fsp3) is 0.158. The molecule has 1 fully saturated rings. The number of aromatic nitrogens is 1. The number of benzene rings is 2. The zero-order valence-corrected chi connectivity index (χ0v) is 14.4. The second kappa shape index (κ2) is 6.57. The van der Waals surface area contributed by atoms with Crippen molar-refractivity contribution in [2.75, 3.05) is 10.6 Å². The smallest absolute Gasteiger partial charge is 0.373 e. The first kappa shape index (κ1) is 18.9. The molecule has 0 radical (unpaired) electrons. The highest BCUT2D eigenvalue weighted by atomic mass is 19.4. The van der Waals surface area contributed by atoms with E-state index in [9.17, 15) is 31.5 Å². The van der Waals surface area contributed by atoms with Gasteiger partial charge < -0.3 is 15.6 Å². The summed E-state index contributed by atoms with van der Waals surface area (Å²) in [7, 11) is 0. The lowest BCUT2D eigenvalue weighted by atomic mass is 9.82. The number of H-pyrrole nitrogens is 1. The van der Waals surface area contributed by atoms with Crippen LogP contribution in [-0.2, 0) is 15.8 Å². The van der Waals surface area contributed by atoms with Crippen LogP contribution in [0.15, 0.2) is 42.6 Å². The van der Waals surface area contributed by atoms with E-state index < -0.39 is 47.0 Å². The third-order valence-electron chi connectivity index (χ3n) is 4.69. The van der Waals surface area contributed by atoms with Crippen LogP contribution in [0.25, 0.3) is 10.9 Å². The molecular weight excluding hydrogens is 397 g/mol. The number of hydrogen-bond acceptors (Lipinski definition) is 4. The molecule has 0 spiro atoms. The van der Waals surface area contributed by atoms with Gasteiger partial charge in [-0.1, -0.05) is 6.07 Å². The van der Waals surface area contributed by atoms with Crippen LogP contribution in [-0.4, -0.2) is 28.6 Å². The third-order valence-corrected chi connectivity index (χ3v) is 4.69. The van der Waals surface area contributed by atoms with Crippen molar-refractivity contribution >= 4 is 33.8 Å². The number of Topliss-reactive ketones (excluding diaryl/α,β-unsaturated/α-hetero) is 2. The molecule has 0 bridgehead atoms. The summed E-state index contributed by atoms with van der Waals surface area (Å²) in [6, 6.07) is 3.92. The van der Waals surface area contributed by atoms with E-state index in [1.807, 2.05) is 0 Å². The maximum absolute atomic E-state index is 13.5. The first-order valence-corrected chi connectivity index (χ1v) is 8.39. The summed E-state index contributed by atoms with van der Waals surface area (Å²) in [6.07, 6.45) is -3.18. The van der Waals surface area contributed by atoms with Crippen LogP contribution in [0.5, 0.6) is 0 Å². The Kier molecular flexibility index (Phi) is 4.29. The van der Waals surface area contributed by atoms with Crippen molar-refractivity contribution in [3.63, 3.8) is 0 Å². The Balaban J connectivity index is 1.58. The number of fused-ring (bicyclic) bond motifs is 1. The van der Waals surface area contributed by atoms with Gasteiger partial charge in [-0.3, -0.25) is 9.59 Å². The van der Waals surface area contributed by atoms with Crippen LogP contribution in [0.1, 0.15) is 5.56 Å². The topological polar surface area (TPSA) is 74.0 Å². The highest BCUT2D eigenvalue weighted by molar-refractivity contribution is 6.50. The summed E-state index contributed by atoms with van der Waals surface area (Å²) in [5.41, 5.74) is -0.365. The zero-order chi connectivity index (χ0) is 20.9. The molecule has 1 aliphatic carbocycles. The Morgan fingerprint density at radius 1 is 0.897 bits per heavy atom. The fourth-order valence-corrected chi connectivity index (χ4v) is 3.18. The molecule has 2 aromatic carbocycles. The lowest BCUT2D eigenvalue weighted by Crippen LogP contribution is -2.64. The summed E-state index contributed by atoms with van der Waals surface area (Å²) < 4.78 is 65.4. The third kappa shape index (κ3) is 3.30. The maximum atomic E-state index is 13.5. The molecule has 1 saturated carbocycles. The lowest BCUT2D eigenvalue weighted by molar-refractivity contribution is -0.144. The van der Waals surface area contributed by atoms with Gasteiger partial charge in [-0.2, -0.15) is 13.2 Å². The monoisotopic (exact) mass is 409 g/mol. The summed E-state index contributed by atoms with van der Waals surface area (Å²) in [5, 5.41) is 5.65. The van der Waals surface area contributed by atoms with Gasteiger partial charge in [0.25, 0.3) is 0 Å². The van der Waals surface area contributed by atoms with E-state index in [0.717, 1.165) is 24.3 Å². The Hall–Kier alpha value is -3.43. The Morgan fingerprint density at radius 3 is 2.24 bits per heavy atom. The van der Waals surface area contributed by atoms with Crippen LogP contribution in [0, 0.1) is 11.6 Å². The van der Waals surface area contributed by atoms with Crippen LogP contribution >= 0.6 is 0 Å². The minimum atomic E-state index is -4.56. The molecule has 150 valence electrons. The van der Waals surface area contributed by atoms with Crippen molar-refractivity contribution in [3.8, 4) is 0 Å². The summed E-state index contributed by atoms with van der Waals surface area (Å²) in [6.45, 7) is 0. The van der Waals surface area contributed by atoms with E-state index in [1.54, 1.807) is 0 Å². The van der Waals surface area contributed by atoms with Gasteiger partial charge in [-0.05, 0) is 24.3 Å². The molecule has 1 heterocycles.